The number of aliphatic hydroxyl groups is 1. The van der Waals surface area contributed by atoms with Crippen LogP contribution in [0.4, 0.5) is 0 Å². The van der Waals surface area contributed by atoms with Crippen molar-refractivity contribution in [2.24, 2.45) is 0 Å². The number of rotatable bonds is 45. The molecule has 0 amide bonds. The molecule has 0 fully saturated rings. The Labute approximate surface area is 405 Å². The van der Waals surface area contributed by atoms with Gasteiger partial charge >= 0.3 is 11.9 Å². The van der Waals surface area contributed by atoms with E-state index in [1.54, 1.807) is 0 Å². The van der Waals surface area contributed by atoms with E-state index in [2.05, 4.69) is 172 Å². The van der Waals surface area contributed by atoms with Gasteiger partial charge in [0.15, 0.2) is 6.10 Å². The molecule has 0 aliphatic carbocycles. The molecule has 0 saturated carbocycles. The summed E-state index contributed by atoms with van der Waals surface area (Å²) < 4.78 is 10.6. The number of carbonyl (C=O) groups is 2. The van der Waals surface area contributed by atoms with E-state index in [0.717, 1.165) is 116 Å². The molecule has 0 bridgehead atoms. The van der Waals surface area contributed by atoms with E-state index in [-0.39, 0.29) is 31.6 Å². The molecule has 0 aliphatic heterocycles. The number of allylic oxidation sites excluding steroid dienone is 26. The van der Waals surface area contributed by atoms with Crippen molar-refractivity contribution >= 4 is 11.9 Å². The van der Waals surface area contributed by atoms with Crippen LogP contribution in [-0.2, 0) is 19.1 Å². The predicted molar refractivity (Wildman–Crippen MR) is 287 cm³/mol. The number of hydrogen-bond acceptors (Lipinski definition) is 5. The molecule has 0 aliphatic rings. The van der Waals surface area contributed by atoms with Gasteiger partial charge in [-0.1, -0.05) is 210 Å². The van der Waals surface area contributed by atoms with Gasteiger partial charge in [0.05, 0.1) is 6.61 Å². The Balaban J connectivity index is 3.73. The van der Waals surface area contributed by atoms with Crippen molar-refractivity contribution in [2.45, 2.75) is 200 Å². The fourth-order valence-electron chi connectivity index (χ4n) is 6.41. The molecule has 0 aromatic heterocycles. The first kappa shape index (κ1) is 61.5. The zero-order valence-electron chi connectivity index (χ0n) is 41.9. The summed E-state index contributed by atoms with van der Waals surface area (Å²) in [6.07, 6.45) is 84.9. The number of hydrogen-bond donors (Lipinski definition) is 1. The maximum Gasteiger partial charge on any atom is 0.306 e. The van der Waals surface area contributed by atoms with Crippen LogP contribution < -0.4 is 0 Å². The summed E-state index contributed by atoms with van der Waals surface area (Å²) >= 11 is 0. The maximum atomic E-state index is 12.2. The van der Waals surface area contributed by atoms with E-state index in [0.29, 0.717) is 12.8 Å². The minimum absolute atomic E-state index is 0.0977. The highest BCUT2D eigenvalue weighted by Crippen LogP contribution is 2.11. The summed E-state index contributed by atoms with van der Waals surface area (Å²) in [4.78, 5) is 24.3. The van der Waals surface area contributed by atoms with Crippen LogP contribution in [0.5, 0.6) is 0 Å². The Morgan fingerprint density at radius 1 is 0.364 bits per heavy atom. The molecule has 0 spiro atoms. The highest BCUT2D eigenvalue weighted by Gasteiger charge is 2.16. The smallest absolute Gasteiger partial charge is 0.306 e. The largest absolute Gasteiger partial charge is 0.462 e. The lowest BCUT2D eigenvalue weighted by molar-refractivity contribution is -0.161. The molecule has 5 nitrogen and oxygen atoms in total. The minimum atomic E-state index is -0.809. The molecule has 1 unspecified atom stereocenters. The third-order valence-electron chi connectivity index (χ3n) is 10.3. The SMILES string of the molecule is CC/C=C\C/C=C\C/C=C\C/C=C\C/C=C\C/C=C\C/C=C\C/C=C\C/C=C\C/C=C\C/C=C\C/C=C\CCCCC(=O)OC(CO)COC(=O)CCCCCCC/C=C\CCCCCC. The van der Waals surface area contributed by atoms with Crippen LogP contribution >= 0.6 is 0 Å². The number of aliphatic hydroxyl groups excluding tert-OH is 1. The van der Waals surface area contributed by atoms with Crippen molar-refractivity contribution in [3.63, 3.8) is 0 Å². The number of carbonyl (C=O) groups excluding carboxylic acids is 2. The van der Waals surface area contributed by atoms with Gasteiger partial charge in [-0.3, -0.25) is 9.59 Å². The van der Waals surface area contributed by atoms with Gasteiger partial charge in [0, 0.05) is 12.8 Å². The molecule has 368 valence electrons. The Morgan fingerprint density at radius 3 is 1.03 bits per heavy atom. The summed E-state index contributed by atoms with van der Waals surface area (Å²) in [6.45, 7) is 3.94. The van der Waals surface area contributed by atoms with Crippen molar-refractivity contribution in [3.8, 4) is 0 Å². The van der Waals surface area contributed by atoms with Crippen molar-refractivity contribution in [3.05, 3.63) is 158 Å². The van der Waals surface area contributed by atoms with E-state index in [1.807, 2.05) is 0 Å². The summed E-state index contributed by atoms with van der Waals surface area (Å²) in [5.41, 5.74) is 0. The first-order valence-corrected chi connectivity index (χ1v) is 26.0. The van der Waals surface area contributed by atoms with E-state index in [1.165, 1.54) is 44.9 Å². The average molecular weight is 907 g/mol. The minimum Gasteiger partial charge on any atom is -0.462 e. The molecule has 0 saturated heterocycles. The molecule has 0 heterocycles. The van der Waals surface area contributed by atoms with Crippen molar-refractivity contribution in [1.82, 2.24) is 0 Å². The van der Waals surface area contributed by atoms with Crippen LogP contribution in [0.2, 0.25) is 0 Å². The van der Waals surface area contributed by atoms with Crippen molar-refractivity contribution in [2.75, 3.05) is 13.2 Å². The molecule has 66 heavy (non-hydrogen) atoms. The van der Waals surface area contributed by atoms with Crippen LogP contribution in [0.3, 0.4) is 0 Å². The van der Waals surface area contributed by atoms with Crippen LogP contribution in [0.1, 0.15) is 194 Å². The molecule has 0 aromatic rings. The Bertz CT molecular complexity index is 1490. The molecule has 0 rings (SSSR count). The van der Waals surface area contributed by atoms with Gasteiger partial charge in [0.1, 0.15) is 6.61 Å². The van der Waals surface area contributed by atoms with E-state index in [4.69, 9.17) is 9.47 Å². The van der Waals surface area contributed by atoms with Crippen molar-refractivity contribution < 1.29 is 24.2 Å². The Kier molecular flexibility index (Phi) is 51.1. The molecule has 5 heteroatoms. The van der Waals surface area contributed by atoms with Gasteiger partial charge < -0.3 is 14.6 Å². The van der Waals surface area contributed by atoms with Gasteiger partial charge in [-0.2, -0.15) is 0 Å². The zero-order valence-corrected chi connectivity index (χ0v) is 41.9. The van der Waals surface area contributed by atoms with Gasteiger partial charge in [0.25, 0.3) is 0 Å². The monoisotopic (exact) mass is 907 g/mol. The van der Waals surface area contributed by atoms with Crippen LogP contribution in [0.15, 0.2) is 158 Å². The summed E-state index contributed by atoms with van der Waals surface area (Å²) in [6, 6.07) is 0. The van der Waals surface area contributed by atoms with Crippen LogP contribution in [0, 0.1) is 0 Å². The van der Waals surface area contributed by atoms with Gasteiger partial charge in [-0.15, -0.1) is 0 Å². The molecular formula is C61H94O5. The second-order valence-electron chi connectivity index (χ2n) is 16.5. The summed E-state index contributed by atoms with van der Waals surface area (Å²) in [5, 5.41) is 9.59. The van der Waals surface area contributed by atoms with Crippen LogP contribution in [0.25, 0.3) is 0 Å². The third-order valence-corrected chi connectivity index (χ3v) is 10.3. The third kappa shape index (κ3) is 52.1. The second-order valence-corrected chi connectivity index (χ2v) is 16.5. The van der Waals surface area contributed by atoms with Crippen LogP contribution in [-0.4, -0.2) is 36.4 Å². The van der Waals surface area contributed by atoms with Gasteiger partial charge in [0.2, 0.25) is 0 Å². The quantitative estimate of drug-likeness (QED) is 0.0374. The topological polar surface area (TPSA) is 72.8 Å². The lowest BCUT2D eigenvalue weighted by Crippen LogP contribution is -2.28. The highest BCUT2D eigenvalue weighted by molar-refractivity contribution is 5.70. The fourth-order valence-corrected chi connectivity index (χ4v) is 6.41. The normalized spacial score (nSPS) is 13.6. The summed E-state index contributed by atoms with van der Waals surface area (Å²) in [5.74, 6) is -0.666. The average Bonchev–Trinajstić information content (AvgIpc) is 3.32. The molecule has 1 N–H and O–H groups in total. The van der Waals surface area contributed by atoms with Crippen molar-refractivity contribution in [1.29, 1.82) is 0 Å². The predicted octanol–water partition coefficient (Wildman–Crippen LogP) is 17.6. The fraction of sp³-hybridized carbons (Fsp3) is 0.541. The van der Waals surface area contributed by atoms with E-state index < -0.39 is 6.10 Å². The van der Waals surface area contributed by atoms with E-state index in [9.17, 15) is 14.7 Å². The number of ether oxygens (including phenoxy) is 2. The standard InChI is InChI=1S/C61H94O5/c1-3-5-7-9-11-13-15-17-18-19-20-21-22-23-24-25-26-27-28-29-30-31-32-33-34-35-36-37-38-39-40-41-42-44-46-48-50-52-54-56-61(64)66-59(57-62)58-65-60(63)55-53-51-49-47-45-43-16-14-12-10-8-6-4-2/h5,7,11,13-14,16-18,20-21,23-24,26-27,29-30,32-33,35-36,38-39,41-42,46,48,59,62H,3-4,6,8-10,12,15,19,22,25,28,31,34,37,40,43-45,47,49-58H2,1-2H3/b7-5-,13-11-,16-14-,18-17-,21-20-,24-23-,27-26-,30-29-,33-32-,36-35-,39-38-,42-41-,48-46-. The molecular weight excluding hydrogens is 813 g/mol. The maximum absolute atomic E-state index is 12.2. The lowest BCUT2D eigenvalue weighted by atomic mass is 10.1. The first-order chi connectivity index (χ1) is 32.6. The molecule has 0 radical (unpaired) electrons. The lowest BCUT2D eigenvalue weighted by Gasteiger charge is -2.15. The molecule has 1 atom stereocenters. The molecule has 0 aromatic carbocycles. The zero-order chi connectivity index (χ0) is 47.7. The number of esters is 2. The Hall–Kier alpha value is -4.48. The first-order valence-electron chi connectivity index (χ1n) is 26.0. The van der Waals surface area contributed by atoms with E-state index >= 15 is 0 Å². The summed E-state index contributed by atoms with van der Waals surface area (Å²) in [7, 11) is 0. The second kappa shape index (κ2) is 54.9. The van der Waals surface area contributed by atoms with Gasteiger partial charge in [-0.05, 0) is 128 Å². The number of unbranched alkanes of at least 4 members (excludes halogenated alkanes) is 11. The van der Waals surface area contributed by atoms with Gasteiger partial charge in [-0.25, -0.2) is 0 Å². The Morgan fingerprint density at radius 2 is 0.652 bits per heavy atom. The highest BCUT2D eigenvalue weighted by atomic mass is 16.6.